The van der Waals surface area contributed by atoms with Gasteiger partial charge in [0.1, 0.15) is 0 Å². The molecule has 2 atom stereocenters. The van der Waals surface area contributed by atoms with Crippen LogP contribution in [0.3, 0.4) is 0 Å². The van der Waals surface area contributed by atoms with Gasteiger partial charge in [0.2, 0.25) is 0 Å². The maximum absolute atomic E-state index is 5.87. The van der Waals surface area contributed by atoms with E-state index in [0.717, 1.165) is 32.3 Å². The summed E-state index contributed by atoms with van der Waals surface area (Å²) in [7, 11) is 0. The third-order valence-electron chi connectivity index (χ3n) is 5.56. The number of hydrogen-bond donors (Lipinski definition) is 1. The number of piperazine rings is 1. The molecular weight excluding hydrogens is 262 g/mol. The highest BCUT2D eigenvalue weighted by Crippen LogP contribution is 2.31. The highest BCUT2D eigenvalue weighted by Gasteiger charge is 2.37. The summed E-state index contributed by atoms with van der Waals surface area (Å²) >= 11 is 0. The van der Waals surface area contributed by atoms with Gasteiger partial charge >= 0.3 is 0 Å². The first-order chi connectivity index (χ1) is 10.3. The fraction of sp³-hybridized carbons (Fsp3) is 1.00. The monoisotopic (exact) mass is 295 g/mol. The Labute approximate surface area is 130 Å². The molecular formula is C17H33N3O. The first-order valence-corrected chi connectivity index (χ1v) is 9.06. The van der Waals surface area contributed by atoms with Gasteiger partial charge in [-0.1, -0.05) is 6.92 Å². The SMILES string of the molecule is CCCNCC1(CN2CCN3CCCC3C2)CCCOC1. The molecule has 4 nitrogen and oxygen atoms in total. The van der Waals surface area contributed by atoms with Gasteiger partial charge in [-0.25, -0.2) is 0 Å². The zero-order chi connectivity index (χ0) is 14.5. The Morgan fingerprint density at radius 2 is 2.19 bits per heavy atom. The molecule has 0 amide bonds. The smallest absolute Gasteiger partial charge is 0.0546 e. The van der Waals surface area contributed by atoms with Gasteiger partial charge in [-0.3, -0.25) is 9.80 Å². The maximum atomic E-state index is 5.87. The first kappa shape index (κ1) is 15.7. The van der Waals surface area contributed by atoms with E-state index < -0.39 is 0 Å². The molecule has 2 unspecified atom stereocenters. The molecule has 122 valence electrons. The number of rotatable bonds is 6. The van der Waals surface area contributed by atoms with Crippen molar-refractivity contribution in [2.24, 2.45) is 5.41 Å². The molecule has 4 heteroatoms. The molecule has 3 rings (SSSR count). The fourth-order valence-electron chi connectivity index (χ4n) is 4.43. The lowest BCUT2D eigenvalue weighted by molar-refractivity contribution is -0.0361. The van der Waals surface area contributed by atoms with Gasteiger partial charge in [-0.2, -0.15) is 0 Å². The van der Waals surface area contributed by atoms with Crippen molar-refractivity contribution in [1.82, 2.24) is 15.1 Å². The van der Waals surface area contributed by atoms with Gasteiger partial charge in [0, 0.05) is 50.8 Å². The van der Waals surface area contributed by atoms with Crippen LogP contribution >= 0.6 is 0 Å². The number of ether oxygens (including phenoxy) is 1. The standard InChI is InChI=1S/C17H33N3O/c1-2-7-18-13-17(6-4-11-21-15-17)14-19-9-10-20-8-3-5-16(20)12-19/h16,18H,2-15H2,1H3. The zero-order valence-electron chi connectivity index (χ0n) is 13.8. The Hall–Kier alpha value is -0.160. The van der Waals surface area contributed by atoms with E-state index >= 15 is 0 Å². The lowest BCUT2D eigenvalue weighted by Crippen LogP contribution is -2.56. The molecule has 0 aromatic rings. The molecule has 0 aliphatic carbocycles. The van der Waals surface area contributed by atoms with Crippen molar-refractivity contribution < 1.29 is 4.74 Å². The summed E-state index contributed by atoms with van der Waals surface area (Å²) in [4.78, 5) is 5.44. The van der Waals surface area contributed by atoms with Crippen LogP contribution in [0, 0.1) is 5.41 Å². The largest absolute Gasteiger partial charge is 0.381 e. The Kier molecular flexibility index (Phi) is 5.54. The molecule has 0 bridgehead atoms. The highest BCUT2D eigenvalue weighted by molar-refractivity contribution is 4.92. The normalized spacial score (nSPS) is 35.0. The van der Waals surface area contributed by atoms with E-state index in [0.29, 0.717) is 5.41 Å². The van der Waals surface area contributed by atoms with E-state index in [9.17, 15) is 0 Å². The average Bonchev–Trinajstić information content (AvgIpc) is 2.96. The summed E-state index contributed by atoms with van der Waals surface area (Å²) in [5.41, 5.74) is 0.355. The van der Waals surface area contributed by atoms with Crippen molar-refractivity contribution in [3.8, 4) is 0 Å². The van der Waals surface area contributed by atoms with Crippen LogP contribution in [0.5, 0.6) is 0 Å². The van der Waals surface area contributed by atoms with E-state index in [1.807, 2.05) is 0 Å². The van der Waals surface area contributed by atoms with Crippen LogP contribution in [-0.4, -0.2) is 74.9 Å². The Balaban J connectivity index is 1.55. The molecule has 3 heterocycles. The van der Waals surface area contributed by atoms with E-state index in [4.69, 9.17) is 4.74 Å². The van der Waals surface area contributed by atoms with Crippen molar-refractivity contribution in [1.29, 1.82) is 0 Å². The Morgan fingerprint density at radius 1 is 1.24 bits per heavy atom. The average molecular weight is 295 g/mol. The second kappa shape index (κ2) is 7.40. The lowest BCUT2D eigenvalue weighted by atomic mass is 9.81. The Morgan fingerprint density at radius 3 is 3.00 bits per heavy atom. The van der Waals surface area contributed by atoms with Crippen molar-refractivity contribution in [2.45, 2.75) is 45.1 Å². The summed E-state index contributed by atoms with van der Waals surface area (Å²) in [6.45, 7) is 12.8. The van der Waals surface area contributed by atoms with Crippen LogP contribution in [0.15, 0.2) is 0 Å². The molecule has 0 aromatic carbocycles. The molecule has 3 fully saturated rings. The molecule has 3 aliphatic rings. The van der Waals surface area contributed by atoms with Crippen LogP contribution in [-0.2, 0) is 4.74 Å². The predicted octanol–water partition coefficient (Wildman–Crippen LogP) is 1.56. The third-order valence-corrected chi connectivity index (χ3v) is 5.56. The summed E-state index contributed by atoms with van der Waals surface area (Å²) < 4.78 is 5.87. The minimum atomic E-state index is 0.355. The van der Waals surface area contributed by atoms with Crippen molar-refractivity contribution in [2.75, 3.05) is 59.0 Å². The molecule has 0 spiro atoms. The van der Waals surface area contributed by atoms with Gasteiger partial charge in [-0.05, 0) is 45.2 Å². The van der Waals surface area contributed by atoms with Crippen LogP contribution < -0.4 is 5.32 Å². The predicted molar refractivity (Wildman–Crippen MR) is 86.7 cm³/mol. The summed E-state index contributed by atoms with van der Waals surface area (Å²) in [5.74, 6) is 0. The van der Waals surface area contributed by atoms with Crippen molar-refractivity contribution in [3.05, 3.63) is 0 Å². The van der Waals surface area contributed by atoms with Crippen molar-refractivity contribution in [3.63, 3.8) is 0 Å². The van der Waals surface area contributed by atoms with Gasteiger partial charge in [0.05, 0.1) is 6.61 Å². The number of hydrogen-bond acceptors (Lipinski definition) is 4. The van der Waals surface area contributed by atoms with Crippen LogP contribution in [0.4, 0.5) is 0 Å². The number of nitrogens with zero attached hydrogens (tertiary/aromatic N) is 2. The quantitative estimate of drug-likeness (QED) is 0.753. The third kappa shape index (κ3) is 3.98. The second-order valence-electron chi connectivity index (χ2n) is 7.40. The van der Waals surface area contributed by atoms with E-state index in [-0.39, 0.29) is 0 Å². The highest BCUT2D eigenvalue weighted by atomic mass is 16.5. The number of fused-ring (bicyclic) bond motifs is 1. The second-order valence-corrected chi connectivity index (χ2v) is 7.40. The van der Waals surface area contributed by atoms with E-state index in [2.05, 4.69) is 22.0 Å². The van der Waals surface area contributed by atoms with Crippen LogP contribution in [0.2, 0.25) is 0 Å². The van der Waals surface area contributed by atoms with Crippen LogP contribution in [0.1, 0.15) is 39.0 Å². The molecule has 21 heavy (non-hydrogen) atoms. The lowest BCUT2D eigenvalue weighted by Gasteiger charge is -2.45. The summed E-state index contributed by atoms with van der Waals surface area (Å²) in [6.07, 6.45) is 6.60. The Bertz CT molecular complexity index is 317. The molecule has 3 aliphatic heterocycles. The van der Waals surface area contributed by atoms with Gasteiger partial charge < -0.3 is 10.1 Å². The fourth-order valence-corrected chi connectivity index (χ4v) is 4.43. The van der Waals surface area contributed by atoms with Gasteiger partial charge in [-0.15, -0.1) is 0 Å². The molecule has 0 saturated carbocycles. The van der Waals surface area contributed by atoms with Crippen LogP contribution in [0.25, 0.3) is 0 Å². The molecule has 3 saturated heterocycles. The molecule has 0 radical (unpaired) electrons. The summed E-state index contributed by atoms with van der Waals surface area (Å²) in [5, 5.41) is 3.66. The van der Waals surface area contributed by atoms with Gasteiger partial charge in [0.15, 0.2) is 0 Å². The minimum absolute atomic E-state index is 0.355. The first-order valence-electron chi connectivity index (χ1n) is 9.06. The summed E-state index contributed by atoms with van der Waals surface area (Å²) in [6, 6.07) is 0.837. The minimum Gasteiger partial charge on any atom is -0.381 e. The molecule has 1 N–H and O–H groups in total. The van der Waals surface area contributed by atoms with Crippen molar-refractivity contribution >= 4 is 0 Å². The topological polar surface area (TPSA) is 27.7 Å². The van der Waals surface area contributed by atoms with E-state index in [1.165, 1.54) is 64.8 Å². The van der Waals surface area contributed by atoms with E-state index in [1.54, 1.807) is 0 Å². The zero-order valence-corrected chi connectivity index (χ0v) is 13.8. The van der Waals surface area contributed by atoms with Gasteiger partial charge in [0.25, 0.3) is 0 Å². The number of nitrogens with one attached hydrogen (secondary N) is 1. The molecule has 0 aromatic heterocycles. The maximum Gasteiger partial charge on any atom is 0.0546 e.